The molecule has 3 heterocycles. The van der Waals surface area contributed by atoms with Crippen molar-refractivity contribution in [1.82, 2.24) is 4.90 Å². The van der Waals surface area contributed by atoms with Gasteiger partial charge in [-0.2, -0.15) is 5.26 Å². The molecule has 0 radical (unpaired) electrons. The minimum absolute atomic E-state index is 0.00290. The zero-order valence-corrected chi connectivity index (χ0v) is 21.6. The van der Waals surface area contributed by atoms with Crippen LogP contribution in [-0.4, -0.2) is 22.6 Å². The molecule has 0 aromatic heterocycles. The number of rotatable bonds is 4. The molecule has 3 aliphatic rings. The van der Waals surface area contributed by atoms with Gasteiger partial charge in [0.25, 0.3) is 0 Å². The Hall–Kier alpha value is -3.38. The Morgan fingerprint density at radius 1 is 1.17 bits per heavy atom. The Kier molecular flexibility index (Phi) is 6.47. The van der Waals surface area contributed by atoms with E-state index in [0.29, 0.717) is 37.9 Å². The second-order valence-electron chi connectivity index (χ2n) is 8.19. The third kappa shape index (κ3) is 4.03. The molecule has 2 unspecified atom stereocenters. The summed E-state index contributed by atoms with van der Waals surface area (Å²) in [6.45, 7) is 3.76. The summed E-state index contributed by atoms with van der Waals surface area (Å²) in [5.41, 5.74) is 9.12. The lowest BCUT2D eigenvalue weighted by Crippen LogP contribution is -2.38. The zero-order valence-electron chi connectivity index (χ0n) is 19.3. The molecule has 3 aliphatic heterocycles. The van der Waals surface area contributed by atoms with Crippen LogP contribution in [0.15, 0.2) is 87.0 Å². The number of amidine groups is 1. The van der Waals surface area contributed by atoms with E-state index < -0.39 is 17.9 Å². The number of hydrogen-bond donors (Lipinski definition) is 1. The van der Waals surface area contributed by atoms with Gasteiger partial charge in [0.15, 0.2) is 5.17 Å². The molecule has 7 nitrogen and oxygen atoms in total. The normalized spacial score (nSPS) is 21.0. The number of thioether (sulfide) groups is 1. The molecule has 0 bridgehead atoms. The maximum atomic E-state index is 13.1. The van der Waals surface area contributed by atoms with E-state index in [1.807, 2.05) is 29.2 Å². The number of benzene rings is 2. The second-order valence-corrected chi connectivity index (χ2v) is 10.1. The van der Waals surface area contributed by atoms with Gasteiger partial charge in [-0.15, -0.1) is 0 Å². The fraction of sp³-hybridized carbons (Fsp3) is 0.192. The van der Waals surface area contributed by atoms with Crippen molar-refractivity contribution < 1.29 is 14.3 Å². The summed E-state index contributed by atoms with van der Waals surface area (Å²) in [6, 6.07) is 16.1. The van der Waals surface area contributed by atoms with E-state index in [-0.39, 0.29) is 12.5 Å². The van der Waals surface area contributed by atoms with E-state index in [9.17, 15) is 10.1 Å². The Bertz CT molecular complexity index is 1420. The summed E-state index contributed by atoms with van der Waals surface area (Å²) < 4.78 is 11.5. The van der Waals surface area contributed by atoms with Crippen molar-refractivity contribution in [3.05, 3.63) is 103 Å². The standard InChI is InChI=1S/C26H20Cl2N4O3S/c1-3-34-25(33)19-13(2)31-26-32(21(19)15-6-10-17(28)11-7-15)24-22(36-26)20(18(12-29)23(30)35-24)14-4-8-16(27)9-5-14/h4-11,20-21H,3,30H2,1-2H3. The van der Waals surface area contributed by atoms with Gasteiger partial charge < -0.3 is 15.2 Å². The first kappa shape index (κ1) is 24.3. The Labute approximate surface area is 222 Å². The van der Waals surface area contributed by atoms with Gasteiger partial charge in [0, 0.05) is 10.0 Å². The van der Waals surface area contributed by atoms with Gasteiger partial charge in [0.2, 0.25) is 11.8 Å². The average molecular weight is 539 g/mol. The molecule has 0 saturated heterocycles. The maximum absolute atomic E-state index is 13.1. The van der Waals surface area contributed by atoms with Crippen molar-refractivity contribution in [2.75, 3.05) is 6.61 Å². The summed E-state index contributed by atoms with van der Waals surface area (Å²) in [5.74, 6) is -0.532. The van der Waals surface area contributed by atoms with Crippen LogP contribution in [0.4, 0.5) is 0 Å². The Morgan fingerprint density at radius 3 is 2.36 bits per heavy atom. The Morgan fingerprint density at radius 2 is 1.78 bits per heavy atom. The van der Waals surface area contributed by atoms with E-state index in [1.165, 1.54) is 11.8 Å². The highest BCUT2D eigenvalue weighted by Crippen LogP contribution is 2.55. The third-order valence-electron chi connectivity index (χ3n) is 6.05. The molecule has 2 aromatic rings. The molecule has 0 aliphatic carbocycles. The Balaban J connectivity index is 1.69. The van der Waals surface area contributed by atoms with Crippen molar-refractivity contribution >= 4 is 46.1 Å². The minimum Gasteiger partial charge on any atom is -0.463 e. The smallest absolute Gasteiger partial charge is 0.338 e. The van der Waals surface area contributed by atoms with Gasteiger partial charge in [-0.3, -0.25) is 4.90 Å². The number of fused-ring (bicyclic) bond motifs is 2. The number of nitrogens with zero attached hydrogens (tertiary/aromatic N) is 3. The van der Waals surface area contributed by atoms with E-state index in [1.54, 1.807) is 38.1 Å². The quantitative estimate of drug-likeness (QED) is 0.478. The summed E-state index contributed by atoms with van der Waals surface area (Å²) in [4.78, 5) is 20.5. The highest BCUT2D eigenvalue weighted by atomic mass is 35.5. The van der Waals surface area contributed by atoms with Gasteiger partial charge in [-0.05, 0) is 61.0 Å². The fourth-order valence-electron chi connectivity index (χ4n) is 4.47. The first-order chi connectivity index (χ1) is 17.3. The highest BCUT2D eigenvalue weighted by molar-refractivity contribution is 8.17. The number of ether oxygens (including phenoxy) is 2. The topological polar surface area (TPSA) is 101 Å². The average Bonchev–Trinajstić information content (AvgIpc) is 3.20. The van der Waals surface area contributed by atoms with Crippen LogP contribution < -0.4 is 5.73 Å². The minimum atomic E-state index is -0.601. The maximum Gasteiger partial charge on any atom is 0.338 e. The predicted molar refractivity (Wildman–Crippen MR) is 140 cm³/mol. The first-order valence-corrected chi connectivity index (χ1v) is 12.7. The fourth-order valence-corrected chi connectivity index (χ4v) is 5.99. The molecular weight excluding hydrogens is 519 g/mol. The van der Waals surface area contributed by atoms with E-state index in [4.69, 9.17) is 43.4 Å². The SMILES string of the molecule is CCOC(=O)C1=C(C)N=C2SC3=C(OC(N)=C(C#N)C3c3ccc(Cl)cc3)N2C1c1ccc(Cl)cc1. The van der Waals surface area contributed by atoms with Crippen LogP contribution in [0.2, 0.25) is 10.0 Å². The van der Waals surface area contributed by atoms with Crippen molar-refractivity contribution in [3.63, 3.8) is 0 Å². The highest BCUT2D eigenvalue weighted by Gasteiger charge is 2.49. The number of nitriles is 1. The van der Waals surface area contributed by atoms with Crippen molar-refractivity contribution in [1.29, 1.82) is 5.26 Å². The van der Waals surface area contributed by atoms with Crippen LogP contribution >= 0.6 is 35.0 Å². The molecule has 2 aromatic carbocycles. The van der Waals surface area contributed by atoms with Crippen LogP contribution in [0, 0.1) is 11.3 Å². The summed E-state index contributed by atoms with van der Waals surface area (Å²) in [7, 11) is 0. The van der Waals surface area contributed by atoms with Crippen molar-refractivity contribution in [2.24, 2.45) is 10.7 Å². The number of allylic oxidation sites excluding steroid dienone is 3. The van der Waals surface area contributed by atoms with Crippen LogP contribution in [0.5, 0.6) is 0 Å². The number of halogens is 2. The molecule has 2 N–H and O–H groups in total. The molecule has 182 valence electrons. The van der Waals surface area contributed by atoms with Crippen molar-refractivity contribution in [2.45, 2.75) is 25.8 Å². The summed E-state index contributed by atoms with van der Waals surface area (Å²) in [6.07, 6.45) is 0. The number of carbonyl (C=O) groups excluding carboxylic acids is 1. The van der Waals surface area contributed by atoms with Gasteiger partial charge >= 0.3 is 5.97 Å². The van der Waals surface area contributed by atoms with Crippen LogP contribution in [0.1, 0.15) is 36.9 Å². The molecule has 36 heavy (non-hydrogen) atoms. The number of nitrogens with two attached hydrogens (primary N) is 1. The molecule has 5 rings (SSSR count). The van der Waals surface area contributed by atoms with Gasteiger partial charge in [-0.25, -0.2) is 9.79 Å². The first-order valence-electron chi connectivity index (χ1n) is 11.1. The molecular formula is C26H20Cl2N4O3S. The number of esters is 1. The molecule has 0 spiro atoms. The number of hydrogen-bond acceptors (Lipinski definition) is 8. The second kappa shape index (κ2) is 9.58. The van der Waals surface area contributed by atoms with Gasteiger partial charge in [0.05, 0.1) is 34.7 Å². The molecule has 2 atom stereocenters. The molecule has 0 amide bonds. The number of aliphatic imine (C=N–C) groups is 1. The van der Waals surface area contributed by atoms with E-state index >= 15 is 0 Å². The zero-order chi connectivity index (χ0) is 25.6. The van der Waals surface area contributed by atoms with Crippen LogP contribution in [-0.2, 0) is 14.3 Å². The monoisotopic (exact) mass is 538 g/mol. The predicted octanol–water partition coefficient (Wildman–Crippen LogP) is 5.97. The molecule has 10 heteroatoms. The van der Waals surface area contributed by atoms with E-state index in [2.05, 4.69) is 6.07 Å². The van der Waals surface area contributed by atoms with Crippen LogP contribution in [0.3, 0.4) is 0 Å². The summed E-state index contributed by atoms with van der Waals surface area (Å²) >= 11 is 13.7. The van der Waals surface area contributed by atoms with Crippen LogP contribution in [0.25, 0.3) is 0 Å². The van der Waals surface area contributed by atoms with Gasteiger partial charge in [-0.1, -0.05) is 47.5 Å². The molecule has 0 fully saturated rings. The molecule has 0 saturated carbocycles. The van der Waals surface area contributed by atoms with Crippen molar-refractivity contribution in [3.8, 4) is 6.07 Å². The lowest BCUT2D eigenvalue weighted by molar-refractivity contribution is -0.139. The van der Waals surface area contributed by atoms with Gasteiger partial charge in [0.1, 0.15) is 11.6 Å². The number of carbonyl (C=O) groups is 1. The van der Waals surface area contributed by atoms with E-state index in [0.717, 1.165) is 16.0 Å². The third-order valence-corrected chi connectivity index (χ3v) is 7.65. The lowest BCUT2D eigenvalue weighted by Gasteiger charge is -2.36. The summed E-state index contributed by atoms with van der Waals surface area (Å²) in [5, 5.41) is 11.7. The largest absolute Gasteiger partial charge is 0.463 e. The lowest BCUT2D eigenvalue weighted by atomic mass is 9.89.